The van der Waals surface area contributed by atoms with Gasteiger partial charge in [-0.15, -0.1) is 6.58 Å². The molecule has 0 aliphatic rings. The fourth-order valence-corrected chi connectivity index (χ4v) is 0.461. The second-order valence-corrected chi connectivity index (χ2v) is 2.01. The minimum atomic E-state index is -4.26. The van der Waals surface area contributed by atoms with Crippen LogP contribution >= 0.6 is 0 Å². The third-order valence-electron chi connectivity index (χ3n) is 1.10. The summed E-state index contributed by atoms with van der Waals surface area (Å²) in [6, 6.07) is -1.70. The van der Waals surface area contributed by atoms with Crippen LogP contribution in [0.3, 0.4) is 0 Å². The van der Waals surface area contributed by atoms with E-state index < -0.39 is 12.2 Å². The summed E-state index contributed by atoms with van der Waals surface area (Å²) < 4.78 is 34.8. The number of hydrogen-bond acceptors (Lipinski definition) is 1. The van der Waals surface area contributed by atoms with E-state index in [9.17, 15) is 13.2 Å². The van der Waals surface area contributed by atoms with E-state index in [-0.39, 0.29) is 6.42 Å². The summed E-state index contributed by atoms with van der Waals surface area (Å²) in [6.07, 6.45) is -2.61. The molecule has 0 aromatic heterocycles. The van der Waals surface area contributed by atoms with Crippen LogP contribution in [0.2, 0.25) is 0 Å². The van der Waals surface area contributed by atoms with Crippen molar-refractivity contribution in [1.82, 2.24) is 0 Å². The van der Waals surface area contributed by atoms with Gasteiger partial charge >= 0.3 is 6.18 Å². The Morgan fingerprint density at radius 2 is 2.00 bits per heavy atom. The van der Waals surface area contributed by atoms with E-state index >= 15 is 0 Å². The van der Waals surface area contributed by atoms with Crippen molar-refractivity contribution in [2.75, 3.05) is 0 Å². The Morgan fingerprint density at radius 1 is 1.50 bits per heavy atom. The van der Waals surface area contributed by atoms with Crippen molar-refractivity contribution in [2.45, 2.75) is 25.1 Å². The molecule has 0 fully saturated rings. The first-order chi connectivity index (χ1) is 4.48. The van der Waals surface area contributed by atoms with E-state index in [1.165, 1.54) is 6.08 Å². The summed E-state index contributed by atoms with van der Waals surface area (Å²) in [5.74, 6) is 0. The van der Waals surface area contributed by atoms with Gasteiger partial charge in [-0.3, -0.25) is 0 Å². The summed E-state index contributed by atoms with van der Waals surface area (Å²) in [5.41, 5.74) is 4.76. The van der Waals surface area contributed by atoms with E-state index in [4.69, 9.17) is 5.73 Å². The number of allylic oxidation sites excluding steroid dienone is 1. The van der Waals surface area contributed by atoms with E-state index in [0.717, 1.165) is 0 Å². The Morgan fingerprint density at radius 3 is 2.30 bits per heavy atom. The maximum atomic E-state index is 11.6. The van der Waals surface area contributed by atoms with Crippen molar-refractivity contribution in [3.63, 3.8) is 0 Å². The smallest absolute Gasteiger partial charge is 0.320 e. The predicted molar refractivity (Wildman–Crippen MR) is 33.5 cm³/mol. The number of nitrogens with two attached hydrogens (primary N) is 1. The third kappa shape index (κ3) is 3.50. The van der Waals surface area contributed by atoms with E-state index in [1.807, 2.05) is 0 Å². The quantitative estimate of drug-likeness (QED) is 0.615. The zero-order valence-electron chi connectivity index (χ0n) is 5.49. The van der Waals surface area contributed by atoms with E-state index in [1.54, 1.807) is 0 Å². The van der Waals surface area contributed by atoms with Crippen molar-refractivity contribution < 1.29 is 13.2 Å². The molecule has 0 radical (unpaired) electrons. The molecule has 60 valence electrons. The van der Waals surface area contributed by atoms with Crippen LogP contribution in [0.1, 0.15) is 12.8 Å². The standard InChI is InChI=1S/C6H10F3N/c1-2-3-4-5(10)6(7,8)9/h2,5H,1,3-4,10H2. The molecule has 10 heavy (non-hydrogen) atoms. The third-order valence-corrected chi connectivity index (χ3v) is 1.10. The monoisotopic (exact) mass is 153 g/mol. The first-order valence-electron chi connectivity index (χ1n) is 2.91. The van der Waals surface area contributed by atoms with Crippen LogP contribution in [-0.4, -0.2) is 12.2 Å². The average Bonchev–Trinajstić information content (AvgIpc) is 1.80. The minimum Gasteiger partial charge on any atom is -0.320 e. The van der Waals surface area contributed by atoms with Gasteiger partial charge in [0.25, 0.3) is 0 Å². The normalized spacial score (nSPS) is 14.8. The van der Waals surface area contributed by atoms with Crippen LogP contribution in [0.5, 0.6) is 0 Å². The highest BCUT2D eigenvalue weighted by Crippen LogP contribution is 2.21. The van der Waals surface area contributed by atoms with Gasteiger partial charge in [-0.05, 0) is 12.8 Å². The summed E-state index contributed by atoms with van der Waals surface area (Å²) in [7, 11) is 0. The Labute approximate surface area is 57.7 Å². The lowest BCUT2D eigenvalue weighted by Gasteiger charge is -2.13. The topological polar surface area (TPSA) is 26.0 Å². The lowest BCUT2D eigenvalue weighted by Crippen LogP contribution is -2.36. The first kappa shape index (κ1) is 9.49. The Hall–Kier alpha value is -0.510. The van der Waals surface area contributed by atoms with E-state index in [0.29, 0.717) is 6.42 Å². The van der Waals surface area contributed by atoms with Crippen LogP contribution in [0.4, 0.5) is 13.2 Å². The van der Waals surface area contributed by atoms with Crippen LogP contribution in [0.25, 0.3) is 0 Å². The second-order valence-electron chi connectivity index (χ2n) is 2.01. The maximum Gasteiger partial charge on any atom is 0.403 e. The highest BCUT2D eigenvalue weighted by molar-refractivity contribution is 4.75. The molecule has 1 atom stereocenters. The summed E-state index contributed by atoms with van der Waals surface area (Å²) >= 11 is 0. The van der Waals surface area contributed by atoms with Crippen molar-refractivity contribution >= 4 is 0 Å². The maximum absolute atomic E-state index is 11.6. The van der Waals surface area contributed by atoms with Gasteiger partial charge < -0.3 is 5.73 Å². The molecule has 0 amide bonds. The summed E-state index contributed by atoms with van der Waals surface area (Å²) in [5, 5.41) is 0. The molecule has 0 bridgehead atoms. The van der Waals surface area contributed by atoms with Crippen molar-refractivity contribution in [2.24, 2.45) is 5.73 Å². The number of rotatable bonds is 3. The average molecular weight is 153 g/mol. The fraction of sp³-hybridized carbons (Fsp3) is 0.667. The molecule has 0 saturated heterocycles. The molecule has 1 nitrogen and oxygen atoms in total. The lowest BCUT2D eigenvalue weighted by atomic mass is 10.1. The molecule has 1 unspecified atom stereocenters. The Balaban J connectivity index is 3.61. The van der Waals surface area contributed by atoms with Gasteiger partial charge in [-0.2, -0.15) is 13.2 Å². The summed E-state index contributed by atoms with van der Waals surface area (Å²) in [6.45, 7) is 3.29. The molecule has 0 aromatic carbocycles. The predicted octanol–water partition coefficient (Wildman–Crippen LogP) is 1.84. The van der Waals surface area contributed by atoms with Gasteiger partial charge in [0.2, 0.25) is 0 Å². The van der Waals surface area contributed by atoms with Gasteiger partial charge in [0, 0.05) is 0 Å². The minimum absolute atomic E-state index is 0.0764. The Bertz CT molecular complexity index is 108. The van der Waals surface area contributed by atoms with Gasteiger partial charge in [0.1, 0.15) is 6.04 Å². The van der Waals surface area contributed by atoms with Crippen molar-refractivity contribution in [1.29, 1.82) is 0 Å². The molecular weight excluding hydrogens is 143 g/mol. The molecule has 0 rings (SSSR count). The zero-order chi connectivity index (χ0) is 8.20. The number of hydrogen-bond donors (Lipinski definition) is 1. The molecule has 0 aliphatic heterocycles. The largest absolute Gasteiger partial charge is 0.403 e. The summed E-state index contributed by atoms with van der Waals surface area (Å²) in [4.78, 5) is 0. The van der Waals surface area contributed by atoms with Crippen molar-refractivity contribution in [3.8, 4) is 0 Å². The zero-order valence-corrected chi connectivity index (χ0v) is 5.49. The fourth-order valence-electron chi connectivity index (χ4n) is 0.461. The molecule has 0 saturated carbocycles. The van der Waals surface area contributed by atoms with Crippen LogP contribution in [-0.2, 0) is 0 Å². The lowest BCUT2D eigenvalue weighted by molar-refractivity contribution is -0.148. The molecule has 4 heteroatoms. The SMILES string of the molecule is C=CCCC(N)C(F)(F)F. The van der Waals surface area contributed by atoms with Crippen molar-refractivity contribution in [3.05, 3.63) is 12.7 Å². The molecular formula is C6H10F3N. The van der Waals surface area contributed by atoms with Gasteiger partial charge in [0.15, 0.2) is 0 Å². The van der Waals surface area contributed by atoms with Crippen LogP contribution in [0.15, 0.2) is 12.7 Å². The highest BCUT2D eigenvalue weighted by atomic mass is 19.4. The molecule has 0 spiro atoms. The number of halogens is 3. The van der Waals surface area contributed by atoms with Gasteiger partial charge in [-0.25, -0.2) is 0 Å². The number of alkyl halides is 3. The first-order valence-corrected chi connectivity index (χ1v) is 2.91. The molecule has 0 aliphatic carbocycles. The van der Waals surface area contributed by atoms with Crippen LogP contribution < -0.4 is 5.73 Å². The molecule has 0 heterocycles. The molecule has 2 N–H and O–H groups in total. The highest BCUT2D eigenvalue weighted by Gasteiger charge is 2.35. The van der Waals surface area contributed by atoms with Gasteiger partial charge in [0.05, 0.1) is 0 Å². The van der Waals surface area contributed by atoms with Gasteiger partial charge in [-0.1, -0.05) is 6.08 Å². The molecule has 0 aromatic rings. The van der Waals surface area contributed by atoms with Crippen LogP contribution in [0, 0.1) is 0 Å². The second kappa shape index (κ2) is 3.61. The Kier molecular flexibility index (Phi) is 3.42. The van der Waals surface area contributed by atoms with E-state index in [2.05, 4.69) is 6.58 Å².